The second kappa shape index (κ2) is 10.2. The lowest BCUT2D eigenvalue weighted by Crippen LogP contribution is -2.30. The molecule has 0 bridgehead atoms. The lowest BCUT2D eigenvalue weighted by molar-refractivity contribution is 0.246. The third-order valence-corrected chi connectivity index (χ3v) is 8.14. The Kier molecular flexibility index (Phi) is 6.88. The zero-order valence-corrected chi connectivity index (χ0v) is 21.0. The van der Waals surface area contributed by atoms with Crippen molar-refractivity contribution in [2.75, 3.05) is 20.8 Å². The summed E-state index contributed by atoms with van der Waals surface area (Å²) in [5.41, 5.74) is 7.72. The molecule has 2 unspecified atom stereocenters. The molecule has 7 heteroatoms. The number of nitrogens with two attached hydrogens (primary N) is 1. The van der Waals surface area contributed by atoms with Crippen LogP contribution in [0.2, 0.25) is 0 Å². The molecule has 1 fully saturated rings. The first-order valence-corrected chi connectivity index (χ1v) is 12.9. The van der Waals surface area contributed by atoms with Gasteiger partial charge in [-0.2, -0.15) is 0 Å². The average Bonchev–Trinajstić information content (AvgIpc) is 3.39. The van der Waals surface area contributed by atoms with Gasteiger partial charge in [0.25, 0.3) is 5.56 Å². The van der Waals surface area contributed by atoms with Crippen LogP contribution in [0.25, 0.3) is 32.0 Å². The molecule has 2 heterocycles. The Morgan fingerprint density at radius 1 is 1.03 bits per heavy atom. The van der Waals surface area contributed by atoms with Gasteiger partial charge in [0.2, 0.25) is 0 Å². The summed E-state index contributed by atoms with van der Waals surface area (Å²) in [6, 6.07) is 17.6. The normalized spacial score (nSPS) is 18.0. The van der Waals surface area contributed by atoms with Gasteiger partial charge in [-0.05, 0) is 74.0 Å². The predicted octanol–water partition coefficient (Wildman–Crippen LogP) is 5.57. The molecule has 4 aromatic rings. The van der Waals surface area contributed by atoms with Crippen molar-refractivity contribution in [2.24, 2.45) is 17.6 Å². The van der Waals surface area contributed by atoms with Crippen LogP contribution in [0.3, 0.4) is 0 Å². The summed E-state index contributed by atoms with van der Waals surface area (Å²) >= 11 is 1.62. The minimum atomic E-state index is 0.0254. The zero-order chi connectivity index (χ0) is 24.4. The SMILES string of the molecule is COc1ccc(-c2ccc(-c3nc4ccccc4c(=O)n3CC3CCCC(CN)C3)s2)c(OC)c1. The zero-order valence-electron chi connectivity index (χ0n) is 20.2. The number of benzene rings is 2. The fraction of sp³-hybridized carbons (Fsp3) is 0.357. The summed E-state index contributed by atoms with van der Waals surface area (Å²) in [6.07, 6.45) is 4.53. The van der Waals surface area contributed by atoms with Gasteiger partial charge in [-0.1, -0.05) is 18.6 Å². The van der Waals surface area contributed by atoms with Crippen LogP contribution < -0.4 is 20.8 Å². The maximum atomic E-state index is 13.7. The van der Waals surface area contributed by atoms with Crippen LogP contribution >= 0.6 is 11.3 Å². The molecule has 1 aliphatic rings. The number of hydrogen-bond donors (Lipinski definition) is 1. The summed E-state index contributed by atoms with van der Waals surface area (Å²) in [5, 5.41) is 0.663. The molecular weight excluding hydrogens is 458 g/mol. The molecule has 2 aromatic carbocycles. The highest BCUT2D eigenvalue weighted by Gasteiger charge is 2.24. The van der Waals surface area contributed by atoms with Crippen molar-refractivity contribution in [2.45, 2.75) is 32.2 Å². The average molecular weight is 490 g/mol. The van der Waals surface area contributed by atoms with E-state index in [0.717, 1.165) is 57.4 Å². The van der Waals surface area contributed by atoms with Crippen molar-refractivity contribution in [3.63, 3.8) is 0 Å². The smallest absolute Gasteiger partial charge is 0.261 e. The largest absolute Gasteiger partial charge is 0.497 e. The molecule has 35 heavy (non-hydrogen) atoms. The third kappa shape index (κ3) is 4.70. The van der Waals surface area contributed by atoms with Crippen LogP contribution in [-0.2, 0) is 6.54 Å². The molecule has 0 amide bonds. The van der Waals surface area contributed by atoms with E-state index in [1.807, 2.05) is 47.0 Å². The van der Waals surface area contributed by atoms with Crippen molar-refractivity contribution >= 4 is 22.2 Å². The van der Waals surface area contributed by atoms with Crippen molar-refractivity contribution in [3.8, 4) is 32.6 Å². The molecule has 182 valence electrons. The van der Waals surface area contributed by atoms with E-state index in [1.54, 1.807) is 25.6 Å². The number of rotatable bonds is 7. The van der Waals surface area contributed by atoms with Gasteiger partial charge in [0.1, 0.15) is 11.5 Å². The fourth-order valence-electron chi connectivity index (χ4n) is 5.17. The minimum absolute atomic E-state index is 0.0254. The van der Waals surface area contributed by atoms with E-state index in [9.17, 15) is 4.79 Å². The van der Waals surface area contributed by atoms with Gasteiger partial charge in [-0.3, -0.25) is 9.36 Å². The molecular formula is C28H31N3O3S. The fourth-order valence-corrected chi connectivity index (χ4v) is 6.21. The molecule has 0 aliphatic heterocycles. The number of para-hydroxylation sites is 1. The second-order valence-corrected chi connectivity index (χ2v) is 10.3. The number of ether oxygens (including phenoxy) is 2. The first-order valence-electron chi connectivity index (χ1n) is 12.1. The van der Waals surface area contributed by atoms with Crippen LogP contribution in [0.5, 0.6) is 11.5 Å². The van der Waals surface area contributed by atoms with E-state index in [2.05, 4.69) is 12.1 Å². The third-order valence-electron chi connectivity index (χ3n) is 7.03. The summed E-state index contributed by atoms with van der Waals surface area (Å²) in [5.74, 6) is 3.19. The Balaban J connectivity index is 1.58. The Hall–Kier alpha value is -3.16. The van der Waals surface area contributed by atoms with Crippen molar-refractivity contribution in [1.82, 2.24) is 9.55 Å². The molecule has 0 saturated heterocycles. The molecule has 2 N–H and O–H groups in total. The molecule has 5 rings (SSSR count). The Morgan fingerprint density at radius 3 is 2.63 bits per heavy atom. The van der Waals surface area contributed by atoms with Crippen molar-refractivity contribution in [3.05, 3.63) is 65.0 Å². The van der Waals surface area contributed by atoms with E-state index >= 15 is 0 Å². The van der Waals surface area contributed by atoms with Crippen LogP contribution in [0.15, 0.2) is 59.4 Å². The molecule has 1 saturated carbocycles. The second-order valence-electron chi connectivity index (χ2n) is 9.23. The number of thiophene rings is 1. The monoisotopic (exact) mass is 489 g/mol. The summed E-state index contributed by atoms with van der Waals surface area (Å²) < 4.78 is 12.9. The standard InChI is InChI=1S/C28H31N3O3S/c1-33-20-10-11-22(24(15-20)34-2)25-12-13-26(35-25)27-30-23-9-4-3-8-21(23)28(32)31(27)17-19-7-5-6-18(14-19)16-29/h3-4,8-13,15,18-19H,5-7,14,16-17,29H2,1-2H3. The number of fused-ring (bicyclic) bond motifs is 1. The molecule has 6 nitrogen and oxygen atoms in total. The van der Waals surface area contributed by atoms with Gasteiger partial charge in [-0.25, -0.2) is 4.98 Å². The first-order chi connectivity index (χ1) is 17.1. The van der Waals surface area contributed by atoms with Gasteiger partial charge in [0.05, 0.1) is 30.0 Å². The molecule has 0 radical (unpaired) electrons. The van der Waals surface area contributed by atoms with E-state index in [0.29, 0.717) is 30.3 Å². The molecule has 0 spiro atoms. The van der Waals surface area contributed by atoms with Crippen LogP contribution in [0.1, 0.15) is 25.7 Å². The van der Waals surface area contributed by atoms with E-state index in [-0.39, 0.29) is 5.56 Å². The maximum absolute atomic E-state index is 13.7. The van der Waals surface area contributed by atoms with Crippen LogP contribution in [-0.4, -0.2) is 30.3 Å². The number of methoxy groups -OCH3 is 2. The lowest BCUT2D eigenvalue weighted by Gasteiger charge is -2.29. The Morgan fingerprint density at radius 2 is 1.83 bits per heavy atom. The van der Waals surface area contributed by atoms with Gasteiger partial charge in [0.15, 0.2) is 5.82 Å². The predicted molar refractivity (Wildman–Crippen MR) is 142 cm³/mol. The molecule has 2 aromatic heterocycles. The topological polar surface area (TPSA) is 79.4 Å². The van der Waals surface area contributed by atoms with E-state index < -0.39 is 0 Å². The summed E-state index contributed by atoms with van der Waals surface area (Å²) in [6.45, 7) is 1.38. The minimum Gasteiger partial charge on any atom is -0.497 e. The Bertz CT molecular complexity index is 1390. The highest BCUT2D eigenvalue weighted by molar-refractivity contribution is 7.18. The van der Waals surface area contributed by atoms with E-state index in [4.69, 9.17) is 20.2 Å². The molecule has 1 aliphatic carbocycles. The number of aromatic nitrogens is 2. The highest BCUT2D eigenvalue weighted by atomic mass is 32.1. The van der Waals surface area contributed by atoms with Gasteiger partial charge in [0, 0.05) is 23.1 Å². The summed E-state index contributed by atoms with van der Waals surface area (Å²) in [4.78, 5) is 20.7. The number of hydrogen-bond acceptors (Lipinski definition) is 6. The summed E-state index contributed by atoms with van der Waals surface area (Å²) in [7, 11) is 3.30. The lowest BCUT2D eigenvalue weighted by atomic mass is 9.81. The molecule has 2 atom stereocenters. The maximum Gasteiger partial charge on any atom is 0.261 e. The van der Waals surface area contributed by atoms with Crippen molar-refractivity contribution in [1.29, 1.82) is 0 Å². The highest BCUT2D eigenvalue weighted by Crippen LogP contribution is 2.40. The number of nitrogens with zero attached hydrogens (tertiary/aromatic N) is 2. The van der Waals surface area contributed by atoms with E-state index in [1.165, 1.54) is 6.42 Å². The van der Waals surface area contributed by atoms with Gasteiger partial charge in [-0.15, -0.1) is 11.3 Å². The first kappa shape index (κ1) is 23.6. The quantitative estimate of drug-likeness (QED) is 0.367. The Labute approximate surface area is 209 Å². The van der Waals surface area contributed by atoms with Crippen LogP contribution in [0.4, 0.5) is 0 Å². The van der Waals surface area contributed by atoms with Crippen molar-refractivity contribution < 1.29 is 9.47 Å². The van der Waals surface area contributed by atoms with Crippen LogP contribution in [0, 0.1) is 11.8 Å². The van der Waals surface area contributed by atoms with Gasteiger partial charge >= 0.3 is 0 Å². The van der Waals surface area contributed by atoms with Gasteiger partial charge < -0.3 is 15.2 Å².